The third kappa shape index (κ3) is 3.26. The van der Waals surface area contributed by atoms with Gasteiger partial charge in [-0.2, -0.15) is 0 Å². The molecule has 0 fully saturated rings. The van der Waals surface area contributed by atoms with Crippen LogP contribution in [0.5, 0.6) is 0 Å². The van der Waals surface area contributed by atoms with Crippen LogP contribution in [-0.4, -0.2) is 16.1 Å². The fourth-order valence-corrected chi connectivity index (χ4v) is 7.51. The first-order valence-electron chi connectivity index (χ1n) is 10.7. The number of aromatic nitrogens is 1. The van der Waals surface area contributed by atoms with Gasteiger partial charge in [-0.3, -0.25) is 9.59 Å². The Morgan fingerprint density at radius 1 is 0.939 bits per heavy atom. The SMILES string of the molecule is CCc1cc2c(cc1I)C(=O)/C(=C/c1cc3c(cc(-c4cc5ccccc5s4)n3C)s1)C2=O. The van der Waals surface area contributed by atoms with Gasteiger partial charge in [0.05, 0.1) is 26.4 Å². The molecule has 0 saturated heterocycles. The highest BCUT2D eigenvalue weighted by Crippen LogP contribution is 2.39. The second-order valence-electron chi connectivity index (χ2n) is 8.19. The first kappa shape index (κ1) is 21.0. The lowest BCUT2D eigenvalue weighted by Crippen LogP contribution is -1.99. The van der Waals surface area contributed by atoms with Crippen molar-refractivity contribution in [2.24, 2.45) is 7.05 Å². The summed E-state index contributed by atoms with van der Waals surface area (Å²) in [5.41, 5.74) is 4.73. The number of ketones is 2. The van der Waals surface area contributed by atoms with Gasteiger partial charge in [0, 0.05) is 31.3 Å². The Kier molecular flexibility index (Phi) is 4.94. The van der Waals surface area contributed by atoms with Crippen LogP contribution >= 0.6 is 45.3 Å². The minimum Gasteiger partial charge on any atom is -0.342 e. The van der Waals surface area contributed by atoms with Crippen molar-refractivity contribution in [3.8, 4) is 10.6 Å². The van der Waals surface area contributed by atoms with Crippen molar-refractivity contribution in [2.45, 2.75) is 13.3 Å². The highest BCUT2D eigenvalue weighted by Gasteiger charge is 2.34. The average molecular weight is 579 g/mol. The first-order valence-corrected chi connectivity index (χ1v) is 13.4. The number of halogens is 1. The third-order valence-corrected chi connectivity index (χ3v) is 9.42. The Labute approximate surface area is 212 Å². The van der Waals surface area contributed by atoms with E-state index in [1.54, 1.807) is 28.7 Å². The summed E-state index contributed by atoms with van der Waals surface area (Å²) in [6.45, 7) is 2.06. The highest BCUT2D eigenvalue weighted by molar-refractivity contribution is 14.1. The maximum Gasteiger partial charge on any atom is 0.197 e. The molecule has 1 aliphatic carbocycles. The fraction of sp³-hybridized carbons (Fsp3) is 0.111. The normalized spacial score (nSPS) is 14.8. The maximum atomic E-state index is 13.0. The number of fused-ring (bicyclic) bond motifs is 3. The second-order valence-corrected chi connectivity index (χ2v) is 11.6. The molecule has 6 heteroatoms. The van der Waals surface area contributed by atoms with Crippen LogP contribution in [0.1, 0.15) is 38.1 Å². The zero-order chi connectivity index (χ0) is 22.9. The Bertz CT molecular complexity index is 1630. The average Bonchev–Trinajstić information content (AvgIpc) is 3.53. The van der Waals surface area contributed by atoms with Crippen LogP contribution in [0.15, 0.2) is 60.2 Å². The Morgan fingerprint density at radius 2 is 1.70 bits per heavy atom. The monoisotopic (exact) mass is 579 g/mol. The minimum absolute atomic E-state index is 0.162. The summed E-state index contributed by atoms with van der Waals surface area (Å²) < 4.78 is 5.66. The molecule has 0 spiro atoms. The van der Waals surface area contributed by atoms with E-state index >= 15 is 0 Å². The van der Waals surface area contributed by atoms with E-state index in [-0.39, 0.29) is 17.1 Å². The van der Waals surface area contributed by atoms with E-state index < -0.39 is 0 Å². The molecule has 6 rings (SSSR count). The molecule has 0 amide bonds. The summed E-state index contributed by atoms with van der Waals surface area (Å²) >= 11 is 5.65. The van der Waals surface area contributed by atoms with Crippen LogP contribution in [-0.2, 0) is 13.5 Å². The molecule has 0 radical (unpaired) electrons. The maximum absolute atomic E-state index is 13.0. The first-order chi connectivity index (χ1) is 15.9. The summed E-state index contributed by atoms with van der Waals surface area (Å²) in [6, 6.07) is 18.7. The van der Waals surface area contributed by atoms with E-state index in [0.29, 0.717) is 11.1 Å². The molecule has 0 bridgehead atoms. The van der Waals surface area contributed by atoms with E-state index in [4.69, 9.17) is 0 Å². The van der Waals surface area contributed by atoms with Crippen molar-refractivity contribution in [2.75, 3.05) is 0 Å². The molecule has 3 aromatic heterocycles. The molecule has 5 aromatic rings. The molecule has 0 atom stereocenters. The minimum atomic E-state index is -0.168. The molecule has 1 aliphatic rings. The van der Waals surface area contributed by atoms with E-state index in [2.05, 4.69) is 83.6 Å². The van der Waals surface area contributed by atoms with Gasteiger partial charge >= 0.3 is 0 Å². The van der Waals surface area contributed by atoms with Gasteiger partial charge in [0.15, 0.2) is 11.6 Å². The van der Waals surface area contributed by atoms with Gasteiger partial charge in [-0.15, -0.1) is 22.7 Å². The van der Waals surface area contributed by atoms with Gasteiger partial charge in [0.25, 0.3) is 0 Å². The molecular weight excluding hydrogens is 561 g/mol. The lowest BCUT2D eigenvalue weighted by molar-refractivity contribution is 0.0990. The molecular formula is C27H18INO2S2. The predicted molar refractivity (Wildman–Crippen MR) is 147 cm³/mol. The zero-order valence-electron chi connectivity index (χ0n) is 17.9. The van der Waals surface area contributed by atoms with Gasteiger partial charge in [-0.1, -0.05) is 25.1 Å². The van der Waals surface area contributed by atoms with E-state index in [1.165, 1.54) is 20.7 Å². The van der Waals surface area contributed by atoms with Crippen LogP contribution < -0.4 is 0 Å². The standard InChI is InChI=1S/C27H18INO2S2/c1-3-14-8-17-18(12-20(14)28)27(31)19(26(17)30)10-16-11-21-25(32-16)13-22(29(21)2)24-9-15-6-4-5-7-23(15)33-24/h4-13H,3H2,1-2H3/b19-10+. The lowest BCUT2D eigenvalue weighted by atomic mass is 10.0. The van der Waals surface area contributed by atoms with Crippen LogP contribution in [0.2, 0.25) is 0 Å². The molecule has 0 saturated carbocycles. The predicted octanol–water partition coefficient (Wildman–Crippen LogP) is 7.75. The summed E-state index contributed by atoms with van der Waals surface area (Å²) in [4.78, 5) is 28.2. The van der Waals surface area contributed by atoms with Crippen molar-refractivity contribution in [3.05, 3.63) is 85.3 Å². The van der Waals surface area contributed by atoms with Crippen LogP contribution in [0.4, 0.5) is 0 Å². The molecule has 3 heterocycles. The second kappa shape index (κ2) is 7.75. The lowest BCUT2D eigenvalue weighted by Gasteiger charge is -2.03. The number of Topliss-reactive ketones (excluding diaryl/α,β-unsaturated/α-hetero) is 2. The van der Waals surface area contributed by atoms with Crippen LogP contribution in [0.3, 0.4) is 0 Å². The Hall–Kier alpha value is -2.55. The van der Waals surface area contributed by atoms with Crippen molar-refractivity contribution in [1.29, 1.82) is 0 Å². The smallest absolute Gasteiger partial charge is 0.197 e. The van der Waals surface area contributed by atoms with E-state index in [1.807, 2.05) is 12.1 Å². The van der Waals surface area contributed by atoms with Crippen molar-refractivity contribution < 1.29 is 9.59 Å². The highest BCUT2D eigenvalue weighted by atomic mass is 127. The van der Waals surface area contributed by atoms with E-state index in [0.717, 1.165) is 30.6 Å². The Morgan fingerprint density at radius 3 is 2.42 bits per heavy atom. The largest absolute Gasteiger partial charge is 0.342 e. The molecule has 3 nitrogen and oxygen atoms in total. The van der Waals surface area contributed by atoms with Crippen LogP contribution in [0.25, 0.3) is 36.9 Å². The Balaban J connectivity index is 1.39. The van der Waals surface area contributed by atoms with Gasteiger partial charge in [0.1, 0.15) is 0 Å². The topological polar surface area (TPSA) is 39.1 Å². The molecule has 2 aromatic carbocycles. The molecule has 0 aliphatic heterocycles. The third-order valence-electron chi connectivity index (χ3n) is 6.26. The summed E-state index contributed by atoms with van der Waals surface area (Å²) in [6.07, 6.45) is 2.61. The van der Waals surface area contributed by atoms with Gasteiger partial charge in [-0.25, -0.2) is 0 Å². The summed E-state index contributed by atoms with van der Waals surface area (Å²) in [5, 5.41) is 1.26. The van der Waals surface area contributed by atoms with Crippen molar-refractivity contribution in [3.63, 3.8) is 0 Å². The van der Waals surface area contributed by atoms with Gasteiger partial charge in [-0.05, 0) is 82.4 Å². The molecule has 162 valence electrons. The number of carbonyl (C=O) groups excluding carboxylic acids is 2. The summed E-state index contributed by atoms with van der Waals surface area (Å²) in [7, 11) is 2.07. The number of aryl methyl sites for hydroxylation is 2. The number of hydrogen-bond acceptors (Lipinski definition) is 4. The fourth-order valence-electron chi connectivity index (χ4n) is 4.48. The molecule has 33 heavy (non-hydrogen) atoms. The summed E-state index contributed by atoms with van der Waals surface area (Å²) in [5.74, 6) is -0.330. The number of nitrogens with zero attached hydrogens (tertiary/aromatic N) is 1. The number of hydrogen-bond donors (Lipinski definition) is 0. The van der Waals surface area contributed by atoms with Crippen LogP contribution in [0, 0.1) is 3.57 Å². The molecule has 0 unspecified atom stereocenters. The van der Waals surface area contributed by atoms with Gasteiger partial charge in [0.2, 0.25) is 0 Å². The van der Waals surface area contributed by atoms with E-state index in [9.17, 15) is 9.59 Å². The number of benzene rings is 2. The molecule has 0 N–H and O–H groups in total. The van der Waals surface area contributed by atoms with Crippen molar-refractivity contribution in [1.82, 2.24) is 4.57 Å². The zero-order valence-corrected chi connectivity index (χ0v) is 21.7. The number of carbonyl (C=O) groups is 2. The van der Waals surface area contributed by atoms with Gasteiger partial charge < -0.3 is 4.57 Å². The quantitative estimate of drug-likeness (QED) is 0.125. The van der Waals surface area contributed by atoms with Crippen molar-refractivity contribution >= 4 is 83.2 Å². The number of rotatable bonds is 3. The number of allylic oxidation sites excluding steroid dienone is 1. The number of thiophene rings is 2.